The SMILES string of the molecule is CC1(C)CN(C(=O)Nc2ccncn2)CC(COc2ccccc2)O1. The maximum atomic E-state index is 12.5. The van der Waals surface area contributed by atoms with Crippen molar-refractivity contribution in [2.24, 2.45) is 0 Å². The Labute approximate surface area is 147 Å². The molecule has 1 atom stereocenters. The van der Waals surface area contributed by atoms with E-state index in [0.29, 0.717) is 25.5 Å². The number of rotatable bonds is 4. The topological polar surface area (TPSA) is 76.6 Å². The van der Waals surface area contributed by atoms with E-state index < -0.39 is 5.60 Å². The molecular weight excluding hydrogens is 320 g/mol. The fraction of sp³-hybridized carbons (Fsp3) is 0.389. The molecule has 1 fully saturated rings. The first kappa shape index (κ1) is 17.2. The van der Waals surface area contributed by atoms with Crippen molar-refractivity contribution < 1.29 is 14.3 Å². The molecule has 2 aromatic rings. The molecule has 3 rings (SSSR count). The quantitative estimate of drug-likeness (QED) is 0.924. The average molecular weight is 342 g/mol. The third-order valence-electron chi connectivity index (χ3n) is 3.76. The minimum Gasteiger partial charge on any atom is -0.491 e. The molecule has 2 heterocycles. The normalized spacial score (nSPS) is 19.3. The molecule has 0 spiro atoms. The van der Waals surface area contributed by atoms with Crippen molar-refractivity contribution in [2.75, 3.05) is 25.0 Å². The second-order valence-electron chi connectivity index (χ2n) is 6.53. The van der Waals surface area contributed by atoms with Crippen molar-refractivity contribution in [3.05, 3.63) is 48.9 Å². The van der Waals surface area contributed by atoms with E-state index in [1.54, 1.807) is 17.2 Å². The van der Waals surface area contributed by atoms with Crippen LogP contribution in [0.1, 0.15) is 13.8 Å². The highest BCUT2D eigenvalue weighted by Gasteiger charge is 2.36. The van der Waals surface area contributed by atoms with E-state index >= 15 is 0 Å². The monoisotopic (exact) mass is 342 g/mol. The van der Waals surface area contributed by atoms with Gasteiger partial charge in [0.1, 0.15) is 30.6 Å². The van der Waals surface area contributed by atoms with Gasteiger partial charge in [-0.3, -0.25) is 5.32 Å². The van der Waals surface area contributed by atoms with Gasteiger partial charge in [0.05, 0.1) is 18.7 Å². The molecule has 0 bridgehead atoms. The highest BCUT2D eigenvalue weighted by Crippen LogP contribution is 2.22. The molecule has 7 nitrogen and oxygen atoms in total. The zero-order valence-corrected chi connectivity index (χ0v) is 14.4. The number of ether oxygens (including phenoxy) is 2. The largest absolute Gasteiger partial charge is 0.491 e. The van der Waals surface area contributed by atoms with E-state index in [-0.39, 0.29) is 12.1 Å². The van der Waals surface area contributed by atoms with Gasteiger partial charge in [-0.05, 0) is 32.0 Å². The number of amides is 2. The van der Waals surface area contributed by atoms with E-state index in [1.165, 1.54) is 6.33 Å². The molecule has 1 N–H and O–H groups in total. The number of morpholine rings is 1. The Bertz CT molecular complexity index is 694. The molecule has 1 unspecified atom stereocenters. The van der Waals surface area contributed by atoms with E-state index in [1.807, 2.05) is 44.2 Å². The van der Waals surface area contributed by atoms with Gasteiger partial charge in [-0.1, -0.05) is 18.2 Å². The van der Waals surface area contributed by atoms with Crippen LogP contribution in [-0.4, -0.2) is 52.3 Å². The summed E-state index contributed by atoms with van der Waals surface area (Å²) in [6, 6.07) is 11.0. The second kappa shape index (κ2) is 7.48. The van der Waals surface area contributed by atoms with Crippen LogP contribution in [-0.2, 0) is 4.74 Å². The minimum atomic E-state index is -0.452. The smallest absolute Gasteiger partial charge is 0.323 e. The lowest BCUT2D eigenvalue weighted by Crippen LogP contribution is -2.57. The fourth-order valence-electron chi connectivity index (χ4n) is 2.80. The molecule has 1 saturated heterocycles. The number of carbonyl (C=O) groups is 1. The maximum Gasteiger partial charge on any atom is 0.323 e. The van der Waals surface area contributed by atoms with Crippen LogP contribution in [0.15, 0.2) is 48.9 Å². The number of carbonyl (C=O) groups excluding carboxylic acids is 1. The van der Waals surface area contributed by atoms with E-state index in [9.17, 15) is 4.79 Å². The van der Waals surface area contributed by atoms with Gasteiger partial charge in [-0.2, -0.15) is 0 Å². The van der Waals surface area contributed by atoms with Gasteiger partial charge in [0.2, 0.25) is 0 Å². The van der Waals surface area contributed by atoms with Crippen LogP contribution in [0.2, 0.25) is 0 Å². The number of nitrogens with one attached hydrogen (secondary N) is 1. The molecule has 0 saturated carbocycles. The van der Waals surface area contributed by atoms with Gasteiger partial charge in [0.15, 0.2) is 0 Å². The predicted octanol–water partition coefficient (Wildman–Crippen LogP) is 2.57. The van der Waals surface area contributed by atoms with Gasteiger partial charge in [-0.25, -0.2) is 14.8 Å². The molecule has 2 amide bonds. The Balaban J connectivity index is 1.61. The maximum absolute atomic E-state index is 12.5. The molecule has 0 radical (unpaired) electrons. The molecule has 1 aliphatic heterocycles. The highest BCUT2D eigenvalue weighted by atomic mass is 16.5. The summed E-state index contributed by atoms with van der Waals surface area (Å²) in [6.07, 6.45) is 2.78. The molecule has 25 heavy (non-hydrogen) atoms. The number of para-hydroxylation sites is 1. The summed E-state index contributed by atoms with van der Waals surface area (Å²) >= 11 is 0. The van der Waals surface area contributed by atoms with Gasteiger partial charge in [0.25, 0.3) is 0 Å². The summed E-state index contributed by atoms with van der Waals surface area (Å²) in [5.41, 5.74) is -0.452. The number of nitrogens with zero attached hydrogens (tertiary/aromatic N) is 3. The Morgan fingerprint density at radius 3 is 2.88 bits per heavy atom. The van der Waals surface area contributed by atoms with Crippen LogP contribution in [0.5, 0.6) is 5.75 Å². The first-order valence-electron chi connectivity index (χ1n) is 8.19. The van der Waals surface area contributed by atoms with Gasteiger partial charge in [-0.15, -0.1) is 0 Å². The number of urea groups is 1. The Morgan fingerprint density at radius 2 is 2.16 bits per heavy atom. The van der Waals surface area contributed by atoms with Crippen molar-refractivity contribution >= 4 is 11.8 Å². The molecule has 1 aliphatic rings. The number of hydrogen-bond donors (Lipinski definition) is 1. The zero-order valence-electron chi connectivity index (χ0n) is 14.4. The molecular formula is C18H22N4O3. The van der Waals surface area contributed by atoms with E-state index in [0.717, 1.165) is 5.75 Å². The van der Waals surface area contributed by atoms with Crippen molar-refractivity contribution in [1.82, 2.24) is 14.9 Å². The third kappa shape index (κ3) is 4.90. The van der Waals surface area contributed by atoms with Crippen molar-refractivity contribution in [3.63, 3.8) is 0 Å². The lowest BCUT2D eigenvalue weighted by Gasteiger charge is -2.42. The number of anilines is 1. The lowest BCUT2D eigenvalue weighted by atomic mass is 10.1. The first-order chi connectivity index (χ1) is 12.0. The Hall–Kier alpha value is -2.67. The summed E-state index contributed by atoms with van der Waals surface area (Å²) < 4.78 is 11.8. The fourth-order valence-corrected chi connectivity index (χ4v) is 2.80. The van der Waals surface area contributed by atoms with Crippen LogP contribution >= 0.6 is 0 Å². The Morgan fingerprint density at radius 1 is 1.36 bits per heavy atom. The second-order valence-corrected chi connectivity index (χ2v) is 6.53. The van der Waals surface area contributed by atoms with Gasteiger partial charge < -0.3 is 14.4 Å². The summed E-state index contributed by atoms with van der Waals surface area (Å²) in [5.74, 6) is 1.26. The lowest BCUT2D eigenvalue weighted by molar-refractivity contribution is -0.134. The first-order valence-corrected chi connectivity index (χ1v) is 8.19. The predicted molar refractivity (Wildman–Crippen MR) is 93.5 cm³/mol. The summed E-state index contributed by atoms with van der Waals surface area (Å²) in [4.78, 5) is 22.1. The van der Waals surface area contributed by atoms with Crippen molar-refractivity contribution in [2.45, 2.75) is 25.6 Å². The van der Waals surface area contributed by atoms with Crippen LogP contribution in [0.3, 0.4) is 0 Å². The Kier molecular flexibility index (Phi) is 5.14. The van der Waals surface area contributed by atoms with Crippen molar-refractivity contribution in [1.29, 1.82) is 0 Å². The van der Waals surface area contributed by atoms with Crippen molar-refractivity contribution in [3.8, 4) is 5.75 Å². The minimum absolute atomic E-state index is 0.208. The van der Waals surface area contributed by atoms with Crippen LogP contribution in [0, 0.1) is 0 Å². The third-order valence-corrected chi connectivity index (χ3v) is 3.76. The number of aromatic nitrogens is 2. The van der Waals surface area contributed by atoms with E-state index in [4.69, 9.17) is 9.47 Å². The highest BCUT2D eigenvalue weighted by molar-refractivity contribution is 5.88. The zero-order chi connectivity index (χ0) is 17.7. The summed E-state index contributed by atoms with van der Waals surface area (Å²) in [6.45, 7) is 5.25. The average Bonchev–Trinajstić information content (AvgIpc) is 2.60. The standard InChI is InChI=1S/C18H22N4O3/c1-18(2)12-22(17(23)21-16-8-9-19-13-20-16)10-15(25-18)11-24-14-6-4-3-5-7-14/h3-9,13,15H,10-12H2,1-2H3,(H,19,20,21,23). The molecule has 132 valence electrons. The number of hydrogen-bond acceptors (Lipinski definition) is 5. The van der Waals surface area contributed by atoms with Gasteiger partial charge in [0, 0.05) is 6.20 Å². The van der Waals surface area contributed by atoms with Gasteiger partial charge >= 0.3 is 6.03 Å². The summed E-state index contributed by atoms with van der Waals surface area (Å²) in [7, 11) is 0. The van der Waals surface area contributed by atoms with Crippen LogP contribution in [0.4, 0.5) is 10.6 Å². The van der Waals surface area contributed by atoms with E-state index in [2.05, 4.69) is 15.3 Å². The van der Waals surface area contributed by atoms with Crippen LogP contribution in [0.25, 0.3) is 0 Å². The molecule has 1 aromatic heterocycles. The molecule has 7 heteroatoms. The molecule has 0 aliphatic carbocycles. The van der Waals surface area contributed by atoms with Crippen LogP contribution < -0.4 is 10.1 Å². The number of benzene rings is 1. The molecule has 1 aromatic carbocycles. The summed E-state index contributed by atoms with van der Waals surface area (Å²) in [5, 5.41) is 2.78.